The first kappa shape index (κ1) is 18.0. The quantitative estimate of drug-likeness (QED) is 0.534. The first-order valence-electron chi connectivity index (χ1n) is 8.08. The van der Waals surface area contributed by atoms with Crippen molar-refractivity contribution in [2.75, 3.05) is 0 Å². The Morgan fingerprint density at radius 1 is 1.27 bits per heavy atom. The monoisotopic (exact) mass is 369 g/mol. The van der Waals surface area contributed by atoms with E-state index in [-0.39, 0.29) is 12.5 Å². The number of pyridine rings is 1. The molecule has 0 fully saturated rings. The Balaban J connectivity index is 1.69. The summed E-state index contributed by atoms with van der Waals surface area (Å²) in [6.45, 7) is 3.59. The molecular formula is C19H19N3O3S. The molecule has 0 saturated heterocycles. The molecule has 3 rings (SSSR count). The van der Waals surface area contributed by atoms with Gasteiger partial charge in [0.2, 0.25) is 5.69 Å². The van der Waals surface area contributed by atoms with Gasteiger partial charge in [0.25, 0.3) is 5.91 Å². The third-order valence-corrected chi connectivity index (χ3v) is 4.80. The third-order valence-electron chi connectivity index (χ3n) is 3.91. The molecule has 0 aliphatic rings. The number of hydrogen-bond acceptors (Lipinski definition) is 5. The van der Waals surface area contributed by atoms with Crippen LogP contribution in [0.15, 0.2) is 54.0 Å². The predicted octanol–water partition coefficient (Wildman–Crippen LogP) is 2.60. The zero-order valence-corrected chi connectivity index (χ0v) is 15.3. The van der Waals surface area contributed by atoms with E-state index in [2.05, 4.69) is 10.3 Å². The summed E-state index contributed by atoms with van der Waals surface area (Å²) in [7, 11) is 0. The van der Waals surface area contributed by atoms with E-state index in [9.17, 15) is 15.1 Å². The summed E-state index contributed by atoms with van der Waals surface area (Å²) in [6.07, 6.45) is 1.39. The van der Waals surface area contributed by atoms with E-state index in [0.29, 0.717) is 11.4 Å². The van der Waals surface area contributed by atoms with Crippen LogP contribution in [0.3, 0.4) is 0 Å². The summed E-state index contributed by atoms with van der Waals surface area (Å²) in [5.74, 6) is -0.329. The summed E-state index contributed by atoms with van der Waals surface area (Å²) < 4.78 is 0.719. The summed E-state index contributed by atoms with van der Waals surface area (Å²) >= 11 is 1.37. The maximum Gasteiger partial charge on any atom is 0.271 e. The summed E-state index contributed by atoms with van der Waals surface area (Å²) in [4.78, 5) is 16.6. The highest BCUT2D eigenvalue weighted by molar-refractivity contribution is 7.13. The Morgan fingerprint density at radius 3 is 2.65 bits per heavy atom. The highest BCUT2D eigenvalue weighted by Crippen LogP contribution is 2.27. The zero-order chi connectivity index (χ0) is 18.7. The van der Waals surface area contributed by atoms with E-state index in [4.69, 9.17) is 0 Å². The van der Waals surface area contributed by atoms with Gasteiger partial charge < -0.3 is 15.6 Å². The van der Waals surface area contributed by atoms with Gasteiger partial charge in [0.1, 0.15) is 17.2 Å². The summed E-state index contributed by atoms with van der Waals surface area (Å²) in [6, 6.07) is 12.5. The van der Waals surface area contributed by atoms with Gasteiger partial charge >= 0.3 is 0 Å². The van der Waals surface area contributed by atoms with Crippen molar-refractivity contribution in [3.63, 3.8) is 0 Å². The number of thiazole rings is 1. The Bertz CT molecular complexity index is 914. The molecule has 6 nitrogen and oxygen atoms in total. The lowest BCUT2D eigenvalue weighted by molar-refractivity contribution is -0.614. The number of carbonyl (C=O) groups excluding carboxylic acids is 1. The van der Waals surface area contributed by atoms with E-state index in [0.717, 1.165) is 20.9 Å². The second-order valence-electron chi connectivity index (χ2n) is 6.37. The molecular weight excluding hydrogens is 350 g/mol. The van der Waals surface area contributed by atoms with Gasteiger partial charge in [-0.15, -0.1) is 11.3 Å². The fourth-order valence-corrected chi connectivity index (χ4v) is 3.20. The van der Waals surface area contributed by atoms with Gasteiger partial charge in [0.05, 0.1) is 5.60 Å². The third kappa shape index (κ3) is 4.07. The average molecular weight is 369 g/mol. The lowest BCUT2D eigenvalue weighted by Gasteiger charge is -2.17. The molecule has 0 aliphatic carbocycles. The maximum absolute atomic E-state index is 12.2. The number of benzene rings is 1. The van der Waals surface area contributed by atoms with Crippen LogP contribution in [0.5, 0.6) is 0 Å². The summed E-state index contributed by atoms with van der Waals surface area (Å²) in [5.41, 5.74) is 1.55. The van der Waals surface area contributed by atoms with Crippen molar-refractivity contribution in [3.8, 4) is 10.6 Å². The molecule has 2 aromatic heterocycles. The lowest BCUT2D eigenvalue weighted by atomic mass is 9.97. The fourth-order valence-electron chi connectivity index (χ4n) is 2.39. The molecule has 1 amide bonds. The minimum absolute atomic E-state index is 0.135. The Morgan fingerprint density at radius 2 is 2.00 bits per heavy atom. The molecule has 0 spiro atoms. The SMILES string of the molecule is CC(C)(O)c1ccc(-c2nc(C(=O)NCc3cccc[n+]3[O-])cs2)cc1. The van der Waals surface area contributed by atoms with Gasteiger partial charge in [-0.05, 0) is 25.5 Å². The number of nitrogens with zero attached hydrogens (tertiary/aromatic N) is 2. The maximum atomic E-state index is 12.2. The normalized spacial score (nSPS) is 11.3. The van der Waals surface area contributed by atoms with E-state index in [1.165, 1.54) is 17.5 Å². The number of aliphatic hydroxyl groups is 1. The average Bonchev–Trinajstić information content (AvgIpc) is 3.10. The number of hydrogen-bond donors (Lipinski definition) is 2. The summed E-state index contributed by atoms with van der Waals surface area (Å²) in [5, 5.41) is 26.7. The van der Waals surface area contributed by atoms with Crippen LogP contribution >= 0.6 is 11.3 Å². The van der Waals surface area contributed by atoms with Crippen molar-refractivity contribution in [2.24, 2.45) is 0 Å². The number of carbonyl (C=O) groups is 1. The molecule has 26 heavy (non-hydrogen) atoms. The van der Waals surface area contributed by atoms with Crippen LogP contribution in [0.1, 0.15) is 35.6 Å². The van der Waals surface area contributed by atoms with Crippen molar-refractivity contribution in [1.82, 2.24) is 10.3 Å². The first-order chi connectivity index (χ1) is 12.3. The van der Waals surface area contributed by atoms with Crippen LogP contribution in [-0.4, -0.2) is 16.0 Å². The molecule has 0 unspecified atom stereocenters. The lowest BCUT2D eigenvalue weighted by Crippen LogP contribution is -2.35. The molecule has 0 atom stereocenters. The smallest absolute Gasteiger partial charge is 0.271 e. The molecule has 0 radical (unpaired) electrons. The van der Waals surface area contributed by atoms with Crippen LogP contribution in [0.4, 0.5) is 0 Å². The van der Waals surface area contributed by atoms with Crippen molar-refractivity contribution in [3.05, 3.63) is 76.2 Å². The molecule has 0 bridgehead atoms. The van der Waals surface area contributed by atoms with Gasteiger partial charge in [-0.1, -0.05) is 24.3 Å². The van der Waals surface area contributed by atoms with E-state index in [1.54, 1.807) is 37.4 Å². The Hall–Kier alpha value is -2.77. The molecule has 3 aromatic rings. The standard InChI is InChI=1S/C19H19N3O3S/c1-19(2,24)14-8-6-13(7-9-14)18-21-16(12-26-18)17(23)20-11-15-5-3-4-10-22(15)25/h3-10,12,24H,11H2,1-2H3,(H,20,23). The van der Waals surface area contributed by atoms with E-state index >= 15 is 0 Å². The van der Waals surface area contributed by atoms with Crippen molar-refractivity contribution in [1.29, 1.82) is 0 Å². The minimum Gasteiger partial charge on any atom is -0.618 e. The van der Waals surface area contributed by atoms with Gasteiger partial charge in [0, 0.05) is 23.1 Å². The number of amides is 1. The van der Waals surface area contributed by atoms with Crippen LogP contribution in [0.25, 0.3) is 10.6 Å². The number of nitrogens with one attached hydrogen (secondary N) is 1. The largest absolute Gasteiger partial charge is 0.618 e. The predicted molar refractivity (Wildman–Crippen MR) is 99.4 cm³/mol. The van der Waals surface area contributed by atoms with Gasteiger partial charge in [0.15, 0.2) is 6.20 Å². The highest BCUT2D eigenvalue weighted by atomic mass is 32.1. The van der Waals surface area contributed by atoms with E-state index in [1.807, 2.05) is 24.3 Å². The van der Waals surface area contributed by atoms with Gasteiger partial charge in [-0.2, -0.15) is 4.73 Å². The van der Waals surface area contributed by atoms with Gasteiger partial charge in [-0.3, -0.25) is 4.79 Å². The van der Waals surface area contributed by atoms with Crippen molar-refractivity contribution < 1.29 is 14.6 Å². The van der Waals surface area contributed by atoms with E-state index < -0.39 is 5.60 Å². The second-order valence-corrected chi connectivity index (χ2v) is 7.23. The zero-order valence-electron chi connectivity index (χ0n) is 14.5. The molecule has 1 aromatic carbocycles. The minimum atomic E-state index is -0.900. The number of aromatic nitrogens is 2. The van der Waals surface area contributed by atoms with Crippen LogP contribution in [0, 0.1) is 5.21 Å². The Labute approximate surface area is 155 Å². The second kappa shape index (κ2) is 7.23. The first-order valence-corrected chi connectivity index (χ1v) is 8.96. The van der Waals surface area contributed by atoms with Gasteiger partial charge in [-0.25, -0.2) is 4.98 Å². The molecule has 2 N–H and O–H groups in total. The topological polar surface area (TPSA) is 89.2 Å². The number of rotatable bonds is 5. The van der Waals surface area contributed by atoms with Crippen molar-refractivity contribution >= 4 is 17.2 Å². The van der Waals surface area contributed by atoms with Crippen LogP contribution in [0.2, 0.25) is 0 Å². The van der Waals surface area contributed by atoms with Crippen LogP contribution in [-0.2, 0) is 12.1 Å². The molecule has 0 aliphatic heterocycles. The molecule has 7 heteroatoms. The molecule has 2 heterocycles. The molecule has 0 saturated carbocycles. The Kier molecular flexibility index (Phi) is 5.01. The molecule has 134 valence electrons. The van der Waals surface area contributed by atoms with Crippen molar-refractivity contribution in [2.45, 2.75) is 26.0 Å². The van der Waals surface area contributed by atoms with Crippen LogP contribution < -0.4 is 10.0 Å². The fraction of sp³-hybridized carbons (Fsp3) is 0.211. The highest BCUT2D eigenvalue weighted by Gasteiger charge is 2.17.